The van der Waals surface area contributed by atoms with E-state index in [9.17, 15) is 4.79 Å². The number of rotatable bonds is 4. The lowest BCUT2D eigenvalue weighted by atomic mass is 9.81. The second-order valence-electron chi connectivity index (χ2n) is 8.04. The van der Waals surface area contributed by atoms with Gasteiger partial charge in [0, 0.05) is 16.0 Å². The number of halogens is 1. The Morgan fingerprint density at radius 3 is 2.71 bits per heavy atom. The summed E-state index contributed by atoms with van der Waals surface area (Å²) in [6.45, 7) is 1.97. The van der Waals surface area contributed by atoms with Crippen LogP contribution in [0.15, 0.2) is 65.4 Å². The first-order valence-electron chi connectivity index (χ1n) is 11.0. The Morgan fingerprint density at radius 1 is 1.11 bits per heavy atom. The van der Waals surface area contributed by atoms with E-state index in [0.29, 0.717) is 11.5 Å². The molecule has 0 radical (unpaired) electrons. The highest BCUT2D eigenvalue weighted by atomic mass is 79.9. The van der Waals surface area contributed by atoms with E-state index in [0.717, 1.165) is 43.4 Å². The molecule has 0 amide bonds. The fourth-order valence-electron chi connectivity index (χ4n) is 4.55. The first kappa shape index (κ1) is 21.5. The molecule has 0 N–H and O–H groups in total. The Kier molecular flexibility index (Phi) is 5.14. The third kappa shape index (κ3) is 3.50. The molecule has 0 bridgehead atoms. The topological polar surface area (TPSA) is 87.8 Å². The first-order chi connectivity index (χ1) is 17.1. The number of esters is 1. The maximum Gasteiger partial charge on any atom is 0.378 e. The number of nitrogens with zero attached hydrogens (tertiary/aromatic N) is 4. The smallest absolute Gasteiger partial charge is 0.378 e. The molecule has 0 spiro atoms. The van der Waals surface area contributed by atoms with E-state index >= 15 is 0 Å². The van der Waals surface area contributed by atoms with E-state index < -0.39 is 5.97 Å². The Hall–Kier alpha value is -3.98. The predicted octanol–water partition coefficient (Wildman–Crippen LogP) is 5.51. The normalized spacial score (nSPS) is 14.3. The fourth-order valence-corrected chi connectivity index (χ4v) is 4.92. The van der Waals surface area contributed by atoms with Crippen molar-refractivity contribution in [3.05, 3.63) is 87.9 Å². The van der Waals surface area contributed by atoms with E-state index in [-0.39, 0.29) is 18.3 Å². The number of carbonyl (C=O) groups excluding carboxylic acids is 1. The van der Waals surface area contributed by atoms with Crippen LogP contribution in [-0.4, -0.2) is 39.3 Å². The Balaban J connectivity index is 1.65. The molecule has 1 aliphatic heterocycles. The highest BCUT2D eigenvalue weighted by Gasteiger charge is 2.35. The van der Waals surface area contributed by atoms with Crippen molar-refractivity contribution in [2.45, 2.75) is 12.8 Å². The molecule has 1 unspecified atom stereocenters. The molecule has 8 nitrogen and oxygen atoms in total. The van der Waals surface area contributed by atoms with Crippen molar-refractivity contribution in [2.75, 3.05) is 13.7 Å². The van der Waals surface area contributed by atoms with Gasteiger partial charge >= 0.3 is 5.97 Å². The summed E-state index contributed by atoms with van der Waals surface area (Å²) in [7, 11) is 1.64. The van der Waals surface area contributed by atoms with E-state index in [1.54, 1.807) is 14.0 Å². The van der Waals surface area contributed by atoms with Gasteiger partial charge in [-0.25, -0.2) is 19.3 Å². The number of aromatic nitrogens is 4. The fraction of sp³-hybridized carbons (Fsp3) is 0.154. The number of benzene rings is 3. The number of fused-ring (bicyclic) bond motifs is 6. The monoisotopic (exact) mass is 530 g/mol. The Bertz CT molecular complexity index is 1610. The average Bonchev–Trinajstić information content (AvgIpc) is 3.32. The number of carbonyl (C=O) groups is 1. The number of hydrogen-bond acceptors (Lipinski definition) is 7. The third-order valence-electron chi connectivity index (χ3n) is 6.06. The van der Waals surface area contributed by atoms with Crippen LogP contribution in [0, 0.1) is 0 Å². The van der Waals surface area contributed by atoms with Crippen LogP contribution in [0.4, 0.5) is 0 Å². The molecule has 3 aromatic carbocycles. The minimum atomic E-state index is -0.585. The SMILES string of the molecule is CCOC(=O)c1nc2c3c(ncn2n1)Oc1ccc2cc(Br)ccc2c1C3c1ccc(OC)cc1. The molecule has 0 aliphatic carbocycles. The van der Waals surface area contributed by atoms with E-state index in [1.807, 2.05) is 42.5 Å². The van der Waals surface area contributed by atoms with Gasteiger partial charge in [0.1, 0.15) is 17.8 Å². The molecule has 0 saturated carbocycles. The Morgan fingerprint density at radius 2 is 1.94 bits per heavy atom. The summed E-state index contributed by atoms with van der Waals surface area (Å²) in [5.74, 6) is 1.01. The van der Waals surface area contributed by atoms with Crippen molar-refractivity contribution in [1.82, 2.24) is 19.6 Å². The molecule has 1 atom stereocenters. The number of hydrogen-bond donors (Lipinski definition) is 0. The first-order valence-corrected chi connectivity index (χ1v) is 11.8. The van der Waals surface area contributed by atoms with Gasteiger partial charge in [0.25, 0.3) is 5.82 Å². The van der Waals surface area contributed by atoms with Gasteiger partial charge in [-0.1, -0.05) is 40.2 Å². The predicted molar refractivity (Wildman–Crippen MR) is 132 cm³/mol. The zero-order valence-corrected chi connectivity index (χ0v) is 20.4. The lowest BCUT2D eigenvalue weighted by Crippen LogP contribution is -2.15. The molecule has 2 aromatic heterocycles. The average molecular weight is 531 g/mol. The summed E-state index contributed by atoms with van der Waals surface area (Å²) in [6, 6.07) is 18.0. The molecule has 6 rings (SSSR count). The van der Waals surface area contributed by atoms with Crippen LogP contribution in [0.3, 0.4) is 0 Å². The second kappa shape index (κ2) is 8.35. The van der Waals surface area contributed by atoms with Crippen LogP contribution in [-0.2, 0) is 4.74 Å². The summed E-state index contributed by atoms with van der Waals surface area (Å²) < 4.78 is 19.3. The van der Waals surface area contributed by atoms with Crippen molar-refractivity contribution in [3.8, 4) is 17.4 Å². The van der Waals surface area contributed by atoms with Crippen LogP contribution in [0.5, 0.6) is 17.4 Å². The summed E-state index contributed by atoms with van der Waals surface area (Å²) >= 11 is 3.57. The molecule has 1 aliphatic rings. The van der Waals surface area contributed by atoms with Gasteiger partial charge in [0.15, 0.2) is 5.65 Å². The van der Waals surface area contributed by atoms with Gasteiger partial charge in [-0.2, -0.15) is 0 Å². The van der Waals surface area contributed by atoms with E-state index in [1.165, 1.54) is 10.8 Å². The van der Waals surface area contributed by atoms with Crippen molar-refractivity contribution in [1.29, 1.82) is 0 Å². The molecular weight excluding hydrogens is 512 g/mol. The quantitative estimate of drug-likeness (QED) is 0.277. The zero-order valence-electron chi connectivity index (χ0n) is 18.9. The second-order valence-corrected chi connectivity index (χ2v) is 8.95. The van der Waals surface area contributed by atoms with Crippen LogP contribution >= 0.6 is 15.9 Å². The Labute approximate surface area is 208 Å². The van der Waals surface area contributed by atoms with Crippen LogP contribution < -0.4 is 9.47 Å². The van der Waals surface area contributed by atoms with Gasteiger partial charge in [-0.05, 0) is 53.6 Å². The minimum Gasteiger partial charge on any atom is -0.497 e. The molecule has 35 heavy (non-hydrogen) atoms. The van der Waals surface area contributed by atoms with Gasteiger partial charge < -0.3 is 14.2 Å². The molecule has 3 heterocycles. The highest BCUT2D eigenvalue weighted by molar-refractivity contribution is 9.10. The van der Waals surface area contributed by atoms with Crippen molar-refractivity contribution in [3.63, 3.8) is 0 Å². The van der Waals surface area contributed by atoms with Crippen LogP contribution in [0.25, 0.3) is 16.4 Å². The van der Waals surface area contributed by atoms with Crippen LogP contribution in [0.2, 0.25) is 0 Å². The van der Waals surface area contributed by atoms with Gasteiger partial charge in [-0.3, -0.25) is 0 Å². The third-order valence-corrected chi connectivity index (χ3v) is 6.55. The summed E-state index contributed by atoms with van der Waals surface area (Å²) in [5, 5.41) is 6.42. The maximum atomic E-state index is 12.4. The van der Waals surface area contributed by atoms with Gasteiger partial charge in [-0.15, -0.1) is 5.10 Å². The lowest BCUT2D eigenvalue weighted by molar-refractivity contribution is 0.0512. The van der Waals surface area contributed by atoms with Crippen molar-refractivity contribution in [2.24, 2.45) is 0 Å². The highest BCUT2D eigenvalue weighted by Crippen LogP contribution is 2.50. The molecule has 0 fully saturated rings. The number of ether oxygens (including phenoxy) is 3. The van der Waals surface area contributed by atoms with Crippen LogP contribution in [0.1, 0.15) is 40.2 Å². The molecular formula is C26H19BrN4O4. The molecule has 0 saturated heterocycles. The molecule has 5 aromatic rings. The summed E-state index contributed by atoms with van der Waals surface area (Å²) in [6.07, 6.45) is 1.50. The standard InChI is InChI=1S/C26H19BrN4O4/c1-3-34-26(32)23-29-24-22-20(14-4-8-17(33-2)9-5-14)21-18-10-7-16(27)12-15(18)6-11-19(21)35-25(22)28-13-31(24)30-23/h4-13,20H,3H2,1-2H3. The minimum absolute atomic E-state index is 0.0248. The largest absolute Gasteiger partial charge is 0.497 e. The van der Waals surface area contributed by atoms with Gasteiger partial charge in [0.2, 0.25) is 5.88 Å². The molecule has 9 heteroatoms. The summed E-state index contributed by atoms with van der Waals surface area (Å²) in [5.41, 5.74) is 3.20. The molecule has 174 valence electrons. The maximum absolute atomic E-state index is 12.4. The van der Waals surface area contributed by atoms with E-state index in [4.69, 9.17) is 14.2 Å². The van der Waals surface area contributed by atoms with Gasteiger partial charge in [0.05, 0.1) is 19.3 Å². The van der Waals surface area contributed by atoms with Crippen molar-refractivity contribution >= 4 is 38.3 Å². The zero-order chi connectivity index (χ0) is 24.1. The summed E-state index contributed by atoms with van der Waals surface area (Å²) in [4.78, 5) is 21.4. The van der Waals surface area contributed by atoms with Crippen molar-refractivity contribution < 1.29 is 19.0 Å². The van der Waals surface area contributed by atoms with E-state index in [2.05, 4.69) is 43.1 Å². The lowest BCUT2D eigenvalue weighted by Gasteiger charge is -2.29. The number of methoxy groups -OCH3 is 1.